The molecule has 3 aliphatic rings. The summed E-state index contributed by atoms with van der Waals surface area (Å²) in [4.78, 5) is 26.7. The van der Waals surface area contributed by atoms with Crippen molar-refractivity contribution in [3.63, 3.8) is 0 Å². The van der Waals surface area contributed by atoms with Gasteiger partial charge in [0.1, 0.15) is 52.4 Å². The number of nitrogens with one attached hydrogen (secondary N) is 1. The summed E-state index contributed by atoms with van der Waals surface area (Å²) in [5.41, 5.74) is -0.0370. The molecule has 1 amide bonds. The Morgan fingerprint density at radius 2 is 2.06 bits per heavy atom. The minimum atomic E-state index is -1.16. The number of halogens is 2. The summed E-state index contributed by atoms with van der Waals surface area (Å²) in [5.74, 6) is -0.00786. The molecule has 3 aliphatic heterocycles. The van der Waals surface area contributed by atoms with Gasteiger partial charge in [-0.3, -0.25) is 10.2 Å². The fourth-order valence-corrected chi connectivity index (χ4v) is 10.0. The zero-order valence-electron chi connectivity index (χ0n) is 30.1. The molecule has 4 aromatic heterocycles. The van der Waals surface area contributed by atoms with E-state index in [9.17, 15) is 19.6 Å². The number of ether oxygens (including phenoxy) is 3. The van der Waals surface area contributed by atoms with E-state index in [4.69, 9.17) is 28.6 Å². The van der Waals surface area contributed by atoms with Crippen molar-refractivity contribution in [1.29, 1.82) is 5.26 Å². The molecule has 0 saturated carbocycles. The van der Waals surface area contributed by atoms with Gasteiger partial charge in [0.25, 0.3) is 0 Å². The number of amides is 1. The van der Waals surface area contributed by atoms with Crippen LogP contribution in [0.2, 0.25) is 0 Å². The van der Waals surface area contributed by atoms with Crippen LogP contribution in [0, 0.1) is 17.1 Å². The third kappa shape index (κ3) is 6.33. The second-order valence-corrected chi connectivity index (χ2v) is 17.3. The zero-order valence-corrected chi connectivity index (χ0v) is 31.7. The number of β-amino-alcohol motifs (C(OH)–C–C–N with tert-alkyl or cyclic N) is 1. The third-order valence-electron chi connectivity index (χ3n) is 10.2. The number of fused-ring (bicyclic) bond motifs is 5. The summed E-state index contributed by atoms with van der Waals surface area (Å²) >= 11 is 2.17. The van der Waals surface area contributed by atoms with Crippen LogP contribution in [0.25, 0.3) is 42.6 Å². The molecule has 3 atom stereocenters. The van der Waals surface area contributed by atoms with Crippen LogP contribution in [0.3, 0.4) is 0 Å². The Bertz CT molecular complexity index is 2310. The van der Waals surface area contributed by atoms with Crippen molar-refractivity contribution in [1.82, 2.24) is 23.8 Å². The molecule has 0 unspecified atom stereocenters. The second-order valence-electron chi connectivity index (χ2n) is 15.5. The number of carbonyl (C=O) groups excluding carboxylic acids is 1. The van der Waals surface area contributed by atoms with Crippen LogP contribution in [-0.2, 0) is 16.5 Å². The predicted molar refractivity (Wildman–Crippen MR) is 199 cm³/mol. The molecule has 8 rings (SSSR count). The smallest absolute Gasteiger partial charge is 0.412 e. The van der Waals surface area contributed by atoms with E-state index in [1.54, 1.807) is 33.8 Å². The van der Waals surface area contributed by atoms with Crippen LogP contribution in [-0.4, -0.2) is 104 Å². The number of aromatic nitrogens is 4. The molecule has 2 N–H and O–H groups in total. The maximum absolute atomic E-state index is 15.4. The Morgan fingerprint density at radius 1 is 1.25 bits per heavy atom. The van der Waals surface area contributed by atoms with Gasteiger partial charge < -0.3 is 28.8 Å². The molecule has 5 aromatic rings. The molecular formula is C36H40F2N8O5S2. The highest BCUT2D eigenvalue weighted by Crippen LogP contribution is 2.47. The van der Waals surface area contributed by atoms with Gasteiger partial charge >= 0.3 is 12.1 Å². The van der Waals surface area contributed by atoms with Gasteiger partial charge in [0.2, 0.25) is 0 Å². The summed E-state index contributed by atoms with van der Waals surface area (Å²) < 4.78 is 55.2. The number of aryl methyl sites for hydroxylation is 1. The molecule has 13 nitrogen and oxygen atoms in total. The Kier molecular flexibility index (Phi) is 8.77. The highest BCUT2D eigenvalue weighted by molar-refractivity contribution is 7.23. The Balaban J connectivity index is 1.27. The molecule has 17 heteroatoms. The Labute approximate surface area is 312 Å². The minimum Gasteiger partial charge on any atom is -0.461 e. The van der Waals surface area contributed by atoms with Crippen LogP contribution in [0.15, 0.2) is 12.1 Å². The molecule has 0 aliphatic carbocycles. The van der Waals surface area contributed by atoms with Gasteiger partial charge in [0.05, 0.1) is 51.2 Å². The van der Waals surface area contributed by atoms with Crippen molar-refractivity contribution >= 4 is 71.1 Å². The van der Waals surface area contributed by atoms with Gasteiger partial charge in [-0.1, -0.05) is 0 Å². The maximum Gasteiger partial charge on any atom is 0.412 e. The molecule has 0 radical (unpaired) electrons. The monoisotopic (exact) mass is 766 g/mol. The molecule has 1 aromatic carbocycles. The number of benzene rings is 1. The van der Waals surface area contributed by atoms with Gasteiger partial charge in [-0.05, 0) is 70.7 Å². The van der Waals surface area contributed by atoms with E-state index in [2.05, 4.69) is 16.3 Å². The topological polar surface area (TPSA) is 151 Å². The van der Waals surface area contributed by atoms with E-state index < -0.39 is 34.8 Å². The Hall–Kier alpha value is -4.21. The lowest BCUT2D eigenvalue weighted by Gasteiger charge is -2.31. The number of aliphatic hydroxyl groups is 1. The predicted octanol–water partition coefficient (Wildman–Crippen LogP) is 6.36. The first-order chi connectivity index (χ1) is 25.2. The molecular weight excluding hydrogens is 727 g/mol. The number of hydrogen-bond acceptors (Lipinski definition) is 13. The van der Waals surface area contributed by atoms with Gasteiger partial charge in [-0.25, -0.2) is 13.6 Å². The van der Waals surface area contributed by atoms with Crippen LogP contribution < -0.4 is 15.0 Å². The van der Waals surface area contributed by atoms with E-state index in [0.717, 1.165) is 35.4 Å². The first kappa shape index (κ1) is 35.8. The molecule has 280 valence electrons. The summed E-state index contributed by atoms with van der Waals surface area (Å²) in [6.45, 7) is 9.56. The van der Waals surface area contributed by atoms with Gasteiger partial charge in [0.15, 0.2) is 5.65 Å². The molecule has 0 spiro atoms. The van der Waals surface area contributed by atoms with Crippen molar-refractivity contribution in [2.45, 2.75) is 69.9 Å². The molecule has 0 bridgehead atoms. The standard InChI is InChI=1S/C36H40F2N8O5S2/c1-34(2,3)51-33(47)42-31-21(14-39)23-20(7-8-22(38)27(23)52-31)25-26-28(53-43-25)24-29(44(26)5)40-32(41-30(24)45-11-12-49-17-35(4,48)16-45)50-18-36-9-6-10-46(36)15-19(37)13-36/h7-8,19,48H,6,9-13,15-18H2,1-5H3,(H,42,47)/t19-,35+,36+/m1/s1. The first-order valence-electron chi connectivity index (χ1n) is 17.6. The number of thiophene rings is 1. The highest BCUT2D eigenvalue weighted by Gasteiger charge is 2.49. The average molecular weight is 767 g/mol. The van der Waals surface area contributed by atoms with Gasteiger partial charge in [0, 0.05) is 37.5 Å². The maximum atomic E-state index is 15.4. The second kappa shape index (κ2) is 13.0. The van der Waals surface area contributed by atoms with E-state index in [-0.39, 0.29) is 41.0 Å². The number of carbonyl (C=O) groups is 1. The highest BCUT2D eigenvalue weighted by atomic mass is 32.1. The minimum absolute atomic E-state index is 0.0935. The quantitative estimate of drug-likeness (QED) is 0.199. The van der Waals surface area contributed by atoms with Crippen molar-refractivity contribution < 1.29 is 32.9 Å². The molecule has 53 heavy (non-hydrogen) atoms. The summed E-state index contributed by atoms with van der Waals surface area (Å²) in [6, 6.07) is 5.22. The van der Waals surface area contributed by atoms with Gasteiger partial charge in [-0.15, -0.1) is 11.3 Å². The van der Waals surface area contributed by atoms with Crippen molar-refractivity contribution in [3.8, 4) is 23.3 Å². The van der Waals surface area contributed by atoms with Crippen LogP contribution in [0.4, 0.5) is 24.4 Å². The van der Waals surface area contributed by atoms with E-state index in [1.807, 2.05) is 16.5 Å². The normalized spacial score (nSPS) is 23.8. The molecule has 7 heterocycles. The van der Waals surface area contributed by atoms with Crippen molar-refractivity contribution in [2.75, 3.05) is 56.2 Å². The summed E-state index contributed by atoms with van der Waals surface area (Å²) in [7, 11) is 1.85. The lowest BCUT2D eigenvalue weighted by atomic mass is 9.95. The van der Waals surface area contributed by atoms with Crippen molar-refractivity contribution in [3.05, 3.63) is 23.5 Å². The fraction of sp³-hybridized carbons (Fsp3) is 0.528. The fourth-order valence-electron chi connectivity index (χ4n) is 7.99. The first-order valence-corrected chi connectivity index (χ1v) is 19.1. The third-order valence-corrected chi connectivity index (χ3v) is 12.1. The number of anilines is 2. The summed E-state index contributed by atoms with van der Waals surface area (Å²) in [6.07, 6.45) is 0.540. The van der Waals surface area contributed by atoms with Crippen LogP contribution >= 0.6 is 22.9 Å². The van der Waals surface area contributed by atoms with E-state index in [1.165, 1.54) is 17.6 Å². The lowest BCUT2D eigenvalue weighted by Crippen LogP contribution is -2.44. The largest absolute Gasteiger partial charge is 0.461 e. The lowest BCUT2D eigenvalue weighted by molar-refractivity contribution is -0.0123. The number of rotatable bonds is 6. The van der Waals surface area contributed by atoms with Gasteiger partial charge in [-0.2, -0.15) is 19.6 Å². The van der Waals surface area contributed by atoms with Crippen LogP contribution in [0.5, 0.6) is 6.01 Å². The number of nitriles is 1. The number of alkyl halides is 1. The number of hydrogen-bond donors (Lipinski definition) is 2. The molecule has 3 saturated heterocycles. The summed E-state index contributed by atoms with van der Waals surface area (Å²) in [5, 5.41) is 25.3. The molecule has 3 fully saturated rings. The average Bonchev–Trinajstić information content (AvgIpc) is 3.86. The Morgan fingerprint density at radius 3 is 2.83 bits per heavy atom. The zero-order chi connectivity index (χ0) is 37.4. The van der Waals surface area contributed by atoms with Crippen LogP contribution in [0.1, 0.15) is 52.5 Å². The SMILES string of the molecule is Cn1c2nc(OC[C@@]34CCCN3C[C@H](F)C4)nc(N3CCOC[C@@](C)(O)C3)c2c2snc(-c3ccc(F)c4sc(NC(=O)OC(C)(C)C)c(C#N)c34)c21. The number of nitrogens with zero attached hydrogens (tertiary/aromatic N) is 7. The van der Waals surface area contributed by atoms with E-state index >= 15 is 4.39 Å². The van der Waals surface area contributed by atoms with E-state index in [0.29, 0.717) is 65.1 Å². The van der Waals surface area contributed by atoms with Crippen molar-refractivity contribution in [2.24, 2.45) is 7.05 Å².